The maximum Gasteiger partial charge on any atom is 0.318 e. The number of hydrogen-bond donors (Lipinski definition) is 0. The van der Waals surface area contributed by atoms with Crippen molar-refractivity contribution >= 4 is 16.1 Å². The molecule has 1 aliphatic heterocycles. The first kappa shape index (κ1) is 8.24. The Labute approximate surface area is 59.8 Å². The molecule has 6 heteroatoms. The van der Waals surface area contributed by atoms with Gasteiger partial charge in [0.25, 0.3) is 0 Å². The van der Waals surface area contributed by atoms with Crippen LogP contribution in [-0.4, -0.2) is 27.9 Å². The summed E-state index contributed by atoms with van der Waals surface area (Å²) in [5, 5.41) is 0. The Balaban J connectivity index is 3.04. The first-order valence-electron chi connectivity index (χ1n) is 2.92. The van der Waals surface area contributed by atoms with E-state index in [4.69, 9.17) is 0 Å². The monoisotopic (exact) mass is 184 g/mol. The van der Waals surface area contributed by atoms with Crippen molar-refractivity contribution in [3.63, 3.8) is 0 Å². The molecule has 1 aliphatic rings. The van der Waals surface area contributed by atoms with Gasteiger partial charge in [-0.15, -0.1) is 0 Å². The fourth-order valence-electron chi connectivity index (χ4n) is 0.739. The van der Waals surface area contributed by atoms with Crippen LogP contribution in [0.15, 0.2) is 0 Å². The Bertz CT molecular complexity index is 267. The van der Waals surface area contributed by atoms with Gasteiger partial charge >= 0.3 is 9.74 Å². The van der Waals surface area contributed by atoms with Crippen molar-refractivity contribution in [2.75, 3.05) is 19.4 Å². The van der Waals surface area contributed by atoms with Crippen molar-refractivity contribution in [3.8, 4) is 0 Å². The highest BCUT2D eigenvalue weighted by Gasteiger charge is 2.36. The summed E-state index contributed by atoms with van der Waals surface area (Å²) >= 11 is 0. The minimum atomic E-state index is -3.71. The van der Waals surface area contributed by atoms with Crippen LogP contribution in [0.4, 0.5) is 0 Å². The molecule has 0 N–H and O–H groups in total. The molecule has 0 amide bonds. The van der Waals surface area contributed by atoms with E-state index in [1.165, 1.54) is 6.66 Å². The van der Waals surface area contributed by atoms with Gasteiger partial charge in [0, 0.05) is 12.8 Å². The zero-order valence-corrected chi connectivity index (χ0v) is 7.32. The summed E-state index contributed by atoms with van der Waals surface area (Å²) in [4.78, 5) is 0. The maximum atomic E-state index is 11.2. The summed E-state index contributed by atoms with van der Waals surface area (Å²) in [6.07, 6.45) is -2.20. The lowest BCUT2D eigenvalue weighted by Crippen LogP contribution is -2.15. The second-order valence-electron chi connectivity index (χ2n) is 2.34. The molecule has 0 spiro atoms. The van der Waals surface area contributed by atoms with Gasteiger partial charge < -0.3 is 4.57 Å². The molecule has 0 aromatic carbocycles. The van der Waals surface area contributed by atoms with Crippen LogP contribution in [0.1, 0.15) is 6.42 Å². The summed E-state index contributed by atoms with van der Waals surface area (Å²) in [6.45, 7) is 1.43. The Morgan fingerprint density at radius 1 is 1.50 bits per heavy atom. The highest BCUT2D eigenvalue weighted by atomic mass is 32.8. The number of rotatable bonds is 0. The smallest absolute Gasteiger partial charge is 0.304 e. The molecule has 1 rings (SSSR count). The van der Waals surface area contributed by atoms with Crippen molar-refractivity contribution in [1.29, 1.82) is 0 Å². The van der Waals surface area contributed by atoms with Gasteiger partial charge in [0.15, 0.2) is 0 Å². The Morgan fingerprint density at radius 3 is 2.40 bits per heavy atom. The minimum Gasteiger partial charge on any atom is -0.304 e. The molecule has 60 valence electrons. The van der Waals surface area contributed by atoms with Crippen LogP contribution in [0.3, 0.4) is 0 Å². The van der Waals surface area contributed by atoms with E-state index in [-0.39, 0.29) is 12.8 Å². The lowest BCUT2D eigenvalue weighted by atomic mass is 10.5. The topological polar surface area (TPSA) is 60.4 Å². The summed E-state index contributed by atoms with van der Waals surface area (Å²) in [7, 11) is -3.71. The molecule has 0 bridgehead atoms. The molecule has 0 aliphatic carbocycles. The van der Waals surface area contributed by atoms with E-state index in [1.807, 2.05) is 0 Å². The van der Waals surface area contributed by atoms with Crippen molar-refractivity contribution in [2.24, 2.45) is 0 Å². The summed E-state index contributed by atoms with van der Waals surface area (Å²) < 4.78 is 37.2. The lowest BCUT2D eigenvalue weighted by Gasteiger charge is -2.17. The summed E-state index contributed by atoms with van der Waals surface area (Å²) in [5.74, 6) is 0. The molecule has 10 heavy (non-hydrogen) atoms. The van der Waals surface area contributed by atoms with E-state index in [2.05, 4.69) is 4.18 Å². The summed E-state index contributed by atoms with van der Waals surface area (Å²) in [5.41, 5.74) is 0. The standard InChI is InChI=1S/C4H9O4PS/c1-9(5)4-2-3-8-10(9,6)7/h2-4H2,1H3. The van der Waals surface area contributed by atoms with Gasteiger partial charge in [0.05, 0.1) is 6.61 Å². The molecule has 1 saturated heterocycles. The molecular formula is C4H9O4PS. The molecule has 0 saturated carbocycles. The highest BCUT2D eigenvalue weighted by molar-refractivity contribution is 8.50. The van der Waals surface area contributed by atoms with E-state index in [1.54, 1.807) is 0 Å². The van der Waals surface area contributed by atoms with Gasteiger partial charge in [-0.1, -0.05) is 0 Å². The lowest BCUT2D eigenvalue weighted by molar-refractivity contribution is 0.319. The molecule has 0 radical (unpaired) electrons. The van der Waals surface area contributed by atoms with Crippen LogP contribution in [0.5, 0.6) is 0 Å². The molecule has 1 unspecified atom stereocenters. The van der Waals surface area contributed by atoms with E-state index < -0.39 is 16.1 Å². The first-order valence-corrected chi connectivity index (χ1v) is 7.27. The predicted octanol–water partition coefficient (Wildman–Crippen LogP) is 0.644. The van der Waals surface area contributed by atoms with Crippen LogP contribution in [0.25, 0.3) is 0 Å². The SMILES string of the molecule is CP1(=O)CCCOS1(=O)=O. The third-order valence-electron chi connectivity index (χ3n) is 1.41. The second-order valence-corrected chi connectivity index (χ2v) is 9.57. The third-order valence-corrected chi connectivity index (χ3v) is 7.66. The van der Waals surface area contributed by atoms with E-state index in [0.717, 1.165) is 0 Å². The maximum absolute atomic E-state index is 11.2. The van der Waals surface area contributed by atoms with Gasteiger partial charge in [0.1, 0.15) is 0 Å². The zero-order valence-electron chi connectivity index (χ0n) is 5.61. The fraction of sp³-hybridized carbons (Fsp3) is 1.00. The molecule has 1 atom stereocenters. The normalized spacial score (nSPS) is 39.3. The van der Waals surface area contributed by atoms with Gasteiger partial charge in [-0.05, 0) is 6.42 Å². The Morgan fingerprint density at radius 2 is 2.10 bits per heavy atom. The van der Waals surface area contributed by atoms with E-state index >= 15 is 0 Å². The van der Waals surface area contributed by atoms with Gasteiger partial charge in [-0.2, -0.15) is 8.42 Å². The predicted molar refractivity (Wildman–Crippen MR) is 37.9 cm³/mol. The molecule has 0 aromatic rings. The van der Waals surface area contributed by atoms with Crippen LogP contribution in [-0.2, 0) is 18.5 Å². The quantitative estimate of drug-likeness (QED) is 0.518. The van der Waals surface area contributed by atoms with Gasteiger partial charge in [-0.25, -0.2) is 0 Å². The van der Waals surface area contributed by atoms with Crippen LogP contribution >= 0.6 is 6.34 Å². The van der Waals surface area contributed by atoms with Crippen molar-refractivity contribution in [2.45, 2.75) is 6.42 Å². The molecular weight excluding hydrogens is 175 g/mol. The van der Waals surface area contributed by atoms with E-state index in [9.17, 15) is 13.0 Å². The average Bonchev–Trinajstić information content (AvgIpc) is 1.77. The van der Waals surface area contributed by atoms with Crippen molar-refractivity contribution in [3.05, 3.63) is 0 Å². The fourth-order valence-corrected chi connectivity index (χ4v) is 4.17. The second kappa shape index (κ2) is 2.32. The molecule has 1 fully saturated rings. The van der Waals surface area contributed by atoms with Crippen LogP contribution in [0, 0.1) is 0 Å². The van der Waals surface area contributed by atoms with Crippen molar-refractivity contribution in [1.82, 2.24) is 0 Å². The average molecular weight is 184 g/mol. The Hall–Kier alpha value is 0.140. The molecule has 1 heterocycles. The van der Waals surface area contributed by atoms with Gasteiger partial charge in [0.2, 0.25) is 6.34 Å². The third kappa shape index (κ3) is 1.26. The highest BCUT2D eigenvalue weighted by Crippen LogP contribution is 2.52. The molecule has 0 aromatic heterocycles. The first-order chi connectivity index (χ1) is 4.46. The number of hydrogen-bond acceptors (Lipinski definition) is 4. The van der Waals surface area contributed by atoms with Crippen LogP contribution in [0.2, 0.25) is 0 Å². The van der Waals surface area contributed by atoms with Crippen LogP contribution < -0.4 is 0 Å². The largest absolute Gasteiger partial charge is 0.318 e. The Kier molecular flexibility index (Phi) is 1.92. The van der Waals surface area contributed by atoms with E-state index in [0.29, 0.717) is 6.42 Å². The molecule has 4 nitrogen and oxygen atoms in total. The minimum absolute atomic E-state index is 0.181. The summed E-state index contributed by atoms with van der Waals surface area (Å²) in [6, 6.07) is 0. The van der Waals surface area contributed by atoms with Gasteiger partial charge in [-0.3, -0.25) is 4.18 Å². The zero-order chi connectivity index (χ0) is 7.83. The van der Waals surface area contributed by atoms with Crippen molar-refractivity contribution < 1.29 is 17.2 Å².